The molecule has 0 saturated carbocycles. The summed E-state index contributed by atoms with van der Waals surface area (Å²) in [6.07, 6.45) is 0.920. The van der Waals surface area contributed by atoms with Crippen molar-refractivity contribution in [1.82, 2.24) is 15.3 Å². The molecule has 1 N–H and O–H groups in total. The van der Waals surface area contributed by atoms with Crippen molar-refractivity contribution < 1.29 is 9.21 Å². The Kier molecular flexibility index (Phi) is 5.50. The van der Waals surface area contributed by atoms with Crippen molar-refractivity contribution in [2.75, 3.05) is 6.54 Å². The number of aromatic nitrogens is 2. The number of amides is 1. The van der Waals surface area contributed by atoms with Gasteiger partial charge >= 0.3 is 0 Å². The molecule has 2 aromatic heterocycles. The first-order valence-electron chi connectivity index (χ1n) is 7.91. The first kappa shape index (κ1) is 17.6. The minimum Gasteiger partial charge on any atom is -0.441 e. The number of aryl methyl sites for hydroxylation is 2. The number of nitrogens with one attached hydrogen (secondary N) is 1. The first-order valence-corrected chi connectivity index (χ1v) is 9.17. The summed E-state index contributed by atoms with van der Waals surface area (Å²) in [7, 11) is 0. The van der Waals surface area contributed by atoms with E-state index in [0.717, 1.165) is 22.7 Å². The molecule has 3 aromatic rings. The fourth-order valence-electron chi connectivity index (χ4n) is 2.38. The number of oxazole rings is 1. The number of carbonyl (C=O) groups excluding carboxylic acids is 1. The maximum atomic E-state index is 12.1. The molecule has 130 valence electrons. The highest BCUT2D eigenvalue weighted by Gasteiger charge is 2.14. The van der Waals surface area contributed by atoms with E-state index >= 15 is 0 Å². The average Bonchev–Trinajstić information content (AvgIpc) is 3.14. The molecular weight excluding hydrogens is 358 g/mol. The van der Waals surface area contributed by atoms with E-state index in [1.165, 1.54) is 0 Å². The number of thiazole rings is 1. The molecule has 0 spiro atoms. The van der Waals surface area contributed by atoms with Gasteiger partial charge in [-0.25, -0.2) is 9.97 Å². The van der Waals surface area contributed by atoms with E-state index in [1.54, 1.807) is 23.5 Å². The van der Waals surface area contributed by atoms with Gasteiger partial charge in [0.25, 0.3) is 0 Å². The molecule has 25 heavy (non-hydrogen) atoms. The smallest absolute Gasteiger partial charge is 0.226 e. The maximum Gasteiger partial charge on any atom is 0.226 e. The molecule has 0 radical (unpaired) electrons. The van der Waals surface area contributed by atoms with Crippen molar-refractivity contribution in [3.05, 3.63) is 56.8 Å². The van der Waals surface area contributed by atoms with Crippen LogP contribution in [0.4, 0.5) is 0 Å². The van der Waals surface area contributed by atoms with Crippen LogP contribution in [0.5, 0.6) is 0 Å². The summed E-state index contributed by atoms with van der Waals surface area (Å²) in [5.74, 6) is 1.07. The topological polar surface area (TPSA) is 68.0 Å². The van der Waals surface area contributed by atoms with Crippen molar-refractivity contribution >= 4 is 28.8 Å². The molecule has 0 aliphatic rings. The van der Waals surface area contributed by atoms with Crippen LogP contribution in [-0.4, -0.2) is 22.4 Å². The predicted octanol–water partition coefficient (Wildman–Crippen LogP) is 3.97. The lowest BCUT2D eigenvalue weighted by Gasteiger charge is -2.02. The largest absolute Gasteiger partial charge is 0.441 e. The zero-order valence-electron chi connectivity index (χ0n) is 14.0. The van der Waals surface area contributed by atoms with Crippen LogP contribution in [0.3, 0.4) is 0 Å². The van der Waals surface area contributed by atoms with Crippen LogP contribution in [0.2, 0.25) is 5.02 Å². The predicted molar refractivity (Wildman–Crippen MR) is 99.0 cm³/mol. The van der Waals surface area contributed by atoms with Crippen LogP contribution >= 0.6 is 22.9 Å². The van der Waals surface area contributed by atoms with Crippen LogP contribution in [0, 0.1) is 13.8 Å². The summed E-state index contributed by atoms with van der Waals surface area (Å²) in [6.45, 7) is 4.34. The molecule has 1 aromatic carbocycles. The standard InChI is InChI=1S/C18H18ClN3O2S/c1-11-16(22-18(24-11)13-3-5-14(19)6-4-13)9-17(23)20-8-7-15-10-25-12(2)21-15/h3-6,10H,7-9H2,1-2H3,(H,20,23). The second kappa shape index (κ2) is 7.80. The Labute approximate surface area is 155 Å². The van der Waals surface area contributed by atoms with Crippen molar-refractivity contribution in [2.45, 2.75) is 26.7 Å². The second-order valence-electron chi connectivity index (χ2n) is 5.66. The summed E-state index contributed by atoms with van der Waals surface area (Å²) in [5.41, 5.74) is 2.48. The highest BCUT2D eigenvalue weighted by Crippen LogP contribution is 2.23. The molecule has 3 rings (SSSR count). The molecule has 0 atom stereocenters. The first-order chi connectivity index (χ1) is 12.0. The van der Waals surface area contributed by atoms with Crippen molar-refractivity contribution in [3.63, 3.8) is 0 Å². The lowest BCUT2D eigenvalue weighted by Crippen LogP contribution is -2.27. The Hall–Kier alpha value is -2.18. The van der Waals surface area contributed by atoms with Gasteiger partial charge in [0.1, 0.15) is 5.76 Å². The fraction of sp³-hybridized carbons (Fsp3) is 0.278. The number of rotatable bonds is 6. The summed E-state index contributed by atoms with van der Waals surface area (Å²) in [5, 5.41) is 6.61. The lowest BCUT2D eigenvalue weighted by atomic mass is 10.2. The van der Waals surface area contributed by atoms with Gasteiger partial charge in [-0.05, 0) is 38.1 Å². The van der Waals surface area contributed by atoms with E-state index in [2.05, 4.69) is 15.3 Å². The van der Waals surface area contributed by atoms with Crippen LogP contribution in [0.1, 0.15) is 22.2 Å². The molecule has 5 nitrogen and oxygen atoms in total. The van der Waals surface area contributed by atoms with Gasteiger partial charge in [-0.3, -0.25) is 4.79 Å². The van der Waals surface area contributed by atoms with Crippen molar-refractivity contribution in [2.24, 2.45) is 0 Å². The van der Waals surface area contributed by atoms with Gasteiger partial charge in [0.2, 0.25) is 11.8 Å². The van der Waals surface area contributed by atoms with E-state index in [4.69, 9.17) is 16.0 Å². The third-order valence-electron chi connectivity index (χ3n) is 3.68. The van der Waals surface area contributed by atoms with Crippen LogP contribution in [-0.2, 0) is 17.6 Å². The monoisotopic (exact) mass is 375 g/mol. The number of hydrogen-bond acceptors (Lipinski definition) is 5. The number of carbonyl (C=O) groups is 1. The SMILES string of the molecule is Cc1nc(CCNC(=O)Cc2nc(-c3ccc(Cl)cc3)oc2C)cs1. The summed E-state index contributed by atoms with van der Waals surface area (Å²) >= 11 is 7.51. The molecule has 0 unspecified atom stereocenters. The molecule has 7 heteroatoms. The van der Waals surface area contributed by atoms with E-state index in [0.29, 0.717) is 28.9 Å². The second-order valence-corrected chi connectivity index (χ2v) is 7.16. The molecule has 0 bridgehead atoms. The lowest BCUT2D eigenvalue weighted by molar-refractivity contribution is -0.120. The Morgan fingerprint density at radius 1 is 1.24 bits per heavy atom. The maximum absolute atomic E-state index is 12.1. The molecule has 2 heterocycles. The minimum absolute atomic E-state index is 0.0778. The quantitative estimate of drug-likeness (QED) is 0.707. The molecule has 0 aliphatic heterocycles. The fourth-order valence-corrected chi connectivity index (χ4v) is 3.15. The average molecular weight is 376 g/mol. The third kappa shape index (κ3) is 4.67. The number of nitrogens with zero attached hydrogens (tertiary/aromatic N) is 2. The van der Waals surface area contributed by atoms with Crippen LogP contribution in [0.15, 0.2) is 34.1 Å². The van der Waals surface area contributed by atoms with Gasteiger partial charge < -0.3 is 9.73 Å². The number of halogens is 1. The van der Waals surface area contributed by atoms with Crippen LogP contribution < -0.4 is 5.32 Å². The number of benzene rings is 1. The van der Waals surface area contributed by atoms with Crippen molar-refractivity contribution in [1.29, 1.82) is 0 Å². The molecule has 0 aliphatic carbocycles. The molecular formula is C18H18ClN3O2S. The molecule has 0 fully saturated rings. The Morgan fingerprint density at radius 3 is 2.68 bits per heavy atom. The van der Waals surface area contributed by atoms with E-state index < -0.39 is 0 Å². The highest BCUT2D eigenvalue weighted by atomic mass is 35.5. The van der Waals surface area contributed by atoms with E-state index in [9.17, 15) is 4.79 Å². The molecule has 1 amide bonds. The zero-order chi connectivity index (χ0) is 17.8. The minimum atomic E-state index is -0.0778. The normalized spacial score (nSPS) is 10.8. The summed E-state index contributed by atoms with van der Waals surface area (Å²) in [6, 6.07) is 7.24. The highest BCUT2D eigenvalue weighted by molar-refractivity contribution is 7.09. The van der Waals surface area contributed by atoms with Crippen LogP contribution in [0.25, 0.3) is 11.5 Å². The molecule has 0 saturated heterocycles. The van der Waals surface area contributed by atoms with Gasteiger partial charge in [0, 0.05) is 28.9 Å². The Bertz CT molecular complexity index is 871. The van der Waals surface area contributed by atoms with Gasteiger partial charge in [0.15, 0.2) is 0 Å². The Balaban J connectivity index is 1.57. The van der Waals surface area contributed by atoms with Gasteiger partial charge in [-0.15, -0.1) is 11.3 Å². The third-order valence-corrected chi connectivity index (χ3v) is 4.76. The van der Waals surface area contributed by atoms with Crippen molar-refractivity contribution in [3.8, 4) is 11.5 Å². The summed E-state index contributed by atoms with van der Waals surface area (Å²) in [4.78, 5) is 20.9. The summed E-state index contributed by atoms with van der Waals surface area (Å²) < 4.78 is 5.68. The van der Waals surface area contributed by atoms with E-state index in [-0.39, 0.29) is 12.3 Å². The van der Waals surface area contributed by atoms with Gasteiger partial charge in [-0.2, -0.15) is 0 Å². The Morgan fingerprint density at radius 2 is 2.00 bits per heavy atom. The van der Waals surface area contributed by atoms with Gasteiger partial charge in [-0.1, -0.05) is 11.6 Å². The number of hydrogen-bond donors (Lipinski definition) is 1. The van der Waals surface area contributed by atoms with Gasteiger partial charge in [0.05, 0.1) is 22.8 Å². The zero-order valence-corrected chi connectivity index (χ0v) is 15.6. The van der Waals surface area contributed by atoms with E-state index in [1.807, 2.05) is 31.4 Å².